The number of pyridine rings is 1. The van der Waals surface area contributed by atoms with Crippen molar-refractivity contribution in [3.05, 3.63) is 36.2 Å². The highest BCUT2D eigenvalue weighted by atomic mass is 32.2. The highest BCUT2D eigenvalue weighted by Gasteiger charge is 2.24. The SMILES string of the molecule is C/C(=C\C(=O)NS(=O)(=O)CC1CCOC1)c1ccncc1. The molecule has 1 aromatic rings. The Hall–Kier alpha value is -1.73. The quantitative estimate of drug-likeness (QED) is 0.819. The zero-order valence-electron chi connectivity index (χ0n) is 11.8. The molecule has 1 aliphatic heterocycles. The number of sulfonamides is 1. The Labute approximate surface area is 124 Å². The van der Waals surface area contributed by atoms with Crippen molar-refractivity contribution in [1.82, 2.24) is 9.71 Å². The molecule has 114 valence electrons. The molecule has 6 nitrogen and oxygen atoms in total. The largest absolute Gasteiger partial charge is 0.381 e. The summed E-state index contributed by atoms with van der Waals surface area (Å²) in [5.41, 5.74) is 1.50. The van der Waals surface area contributed by atoms with Crippen LogP contribution in [0.4, 0.5) is 0 Å². The number of carbonyl (C=O) groups is 1. The predicted molar refractivity (Wildman–Crippen MR) is 78.7 cm³/mol. The smallest absolute Gasteiger partial charge is 0.257 e. The van der Waals surface area contributed by atoms with Crippen molar-refractivity contribution in [3.8, 4) is 0 Å². The van der Waals surface area contributed by atoms with Crippen LogP contribution in [0, 0.1) is 5.92 Å². The number of allylic oxidation sites excluding steroid dienone is 1. The average Bonchev–Trinajstić information content (AvgIpc) is 2.90. The molecule has 1 amide bonds. The minimum atomic E-state index is -3.63. The molecule has 7 heteroatoms. The Kier molecular flexibility index (Phi) is 5.08. The molecule has 2 rings (SSSR count). The Bertz CT molecular complexity index is 620. The molecular formula is C14H18N2O4S. The second-order valence-corrected chi connectivity index (χ2v) is 6.81. The summed E-state index contributed by atoms with van der Waals surface area (Å²) in [5.74, 6) is -0.759. The maximum absolute atomic E-state index is 11.9. The predicted octanol–water partition coefficient (Wildman–Crippen LogP) is 0.967. The number of amides is 1. The van der Waals surface area contributed by atoms with E-state index in [1.807, 2.05) is 0 Å². The van der Waals surface area contributed by atoms with Gasteiger partial charge in [0.05, 0.1) is 12.4 Å². The van der Waals surface area contributed by atoms with Gasteiger partial charge in [-0.05, 0) is 36.6 Å². The van der Waals surface area contributed by atoms with Gasteiger partial charge in [-0.25, -0.2) is 13.1 Å². The van der Waals surface area contributed by atoms with Crippen molar-refractivity contribution >= 4 is 21.5 Å². The van der Waals surface area contributed by atoms with Crippen LogP contribution in [0.1, 0.15) is 18.9 Å². The van der Waals surface area contributed by atoms with Gasteiger partial charge in [0.25, 0.3) is 5.91 Å². The summed E-state index contributed by atoms with van der Waals surface area (Å²) < 4.78 is 31.0. The number of hydrogen-bond acceptors (Lipinski definition) is 5. The summed E-state index contributed by atoms with van der Waals surface area (Å²) in [7, 11) is -3.63. The molecule has 0 radical (unpaired) electrons. The fraction of sp³-hybridized carbons (Fsp3) is 0.429. The van der Waals surface area contributed by atoms with Crippen molar-refractivity contribution in [3.63, 3.8) is 0 Å². The van der Waals surface area contributed by atoms with Crippen LogP contribution >= 0.6 is 0 Å². The first kappa shape index (κ1) is 15.7. The maximum Gasteiger partial charge on any atom is 0.257 e. The highest BCUT2D eigenvalue weighted by Crippen LogP contribution is 2.14. The van der Waals surface area contributed by atoms with Crippen LogP contribution in [0.5, 0.6) is 0 Å². The lowest BCUT2D eigenvalue weighted by atomic mass is 10.1. The number of nitrogens with one attached hydrogen (secondary N) is 1. The molecule has 0 saturated carbocycles. The van der Waals surface area contributed by atoms with Gasteiger partial charge < -0.3 is 4.74 Å². The van der Waals surface area contributed by atoms with Gasteiger partial charge in [-0.15, -0.1) is 0 Å². The average molecular weight is 310 g/mol. The van der Waals surface area contributed by atoms with Gasteiger partial charge in [0, 0.05) is 31.0 Å². The first-order valence-electron chi connectivity index (χ1n) is 6.67. The van der Waals surface area contributed by atoms with Gasteiger partial charge in [0.1, 0.15) is 0 Å². The minimum Gasteiger partial charge on any atom is -0.381 e. The van der Waals surface area contributed by atoms with E-state index in [2.05, 4.69) is 9.71 Å². The third kappa shape index (κ3) is 4.95. The normalized spacial score (nSPS) is 19.5. The van der Waals surface area contributed by atoms with Crippen LogP contribution in [0.2, 0.25) is 0 Å². The third-order valence-electron chi connectivity index (χ3n) is 3.22. The molecule has 1 atom stereocenters. The molecule has 21 heavy (non-hydrogen) atoms. The van der Waals surface area contributed by atoms with Crippen molar-refractivity contribution in [1.29, 1.82) is 0 Å². The van der Waals surface area contributed by atoms with Gasteiger partial charge in [-0.2, -0.15) is 0 Å². The summed E-state index contributed by atoms with van der Waals surface area (Å²) in [4.78, 5) is 15.7. The molecule has 1 aliphatic rings. The fourth-order valence-electron chi connectivity index (χ4n) is 2.14. The third-order valence-corrected chi connectivity index (χ3v) is 4.64. The van der Waals surface area contributed by atoms with E-state index in [1.54, 1.807) is 31.5 Å². The van der Waals surface area contributed by atoms with Crippen LogP contribution in [0.15, 0.2) is 30.6 Å². The zero-order valence-corrected chi connectivity index (χ0v) is 12.6. The number of hydrogen-bond donors (Lipinski definition) is 1. The van der Waals surface area contributed by atoms with E-state index in [-0.39, 0.29) is 11.7 Å². The summed E-state index contributed by atoms with van der Waals surface area (Å²) >= 11 is 0. The molecular weight excluding hydrogens is 292 g/mol. The van der Waals surface area contributed by atoms with E-state index < -0.39 is 15.9 Å². The van der Waals surface area contributed by atoms with Crippen LogP contribution < -0.4 is 4.72 Å². The van der Waals surface area contributed by atoms with E-state index in [9.17, 15) is 13.2 Å². The first-order valence-corrected chi connectivity index (χ1v) is 8.32. The first-order chi connectivity index (χ1) is 9.96. The summed E-state index contributed by atoms with van der Waals surface area (Å²) in [5, 5.41) is 0. The van der Waals surface area contributed by atoms with Gasteiger partial charge >= 0.3 is 0 Å². The van der Waals surface area contributed by atoms with Gasteiger partial charge in [0.2, 0.25) is 10.0 Å². The van der Waals surface area contributed by atoms with Crippen molar-refractivity contribution < 1.29 is 17.9 Å². The van der Waals surface area contributed by atoms with Crippen molar-refractivity contribution in [2.75, 3.05) is 19.0 Å². The lowest BCUT2D eigenvalue weighted by Crippen LogP contribution is -2.34. The molecule has 2 heterocycles. The number of aromatic nitrogens is 1. The van der Waals surface area contributed by atoms with Gasteiger partial charge in [-0.1, -0.05) is 0 Å². The monoisotopic (exact) mass is 310 g/mol. The van der Waals surface area contributed by atoms with Gasteiger partial charge in [-0.3, -0.25) is 9.78 Å². The summed E-state index contributed by atoms with van der Waals surface area (Å²) in [6, 6.07) is 3.51. The Morgan fingerprint density at radius 3 is 2.81 bits per heavy atom. The lowest BCUT2D eigenvalue weighted by molar-refractivity contribution is -0.114. The standard InChI is InChI=1S/C14H18N2O4S/c1-11(13-2-5-15-6-3-13)8-14(17)16-21(18,19)10-12-4-7-20-9-12/h2-3,5-6,8,12H,4,7,9-10H2,1H3,(H,16,17)/b11-8+. The minimum absolute atomic E-state index is 0.0411. The molecule has 0 spiro atoms. The molecule has 1 aromatic heterocycles. The highest BCUT2D eigenvalue weighted by molar-refractivity contribution is 7.90. The molecule has 1 unspecified atom stereocenters. The summed E-state index contributed by atoms with van der Waals surface area (Å²) in [6.45, 7) is 2.75. The van der Waals surface area contributed by atoms with E-state index in [0.29, 0.717) is 25.2 Å². The Morgan fingerprint density at radius 2 is 2.19 bits per heavy atom. The molecule has 0 aliphatic carbocycles. The molecule has 1 N–H and O–H groups in total. The van der Waals surface area contributed by atoms with Crippen LogP contribution in [-0.2, 0) is 19.6 Å². The number of carbonyl (C=O) groups excluding carboxylic acids is 1. The van der Waals surface area contributed by atoms with Gasteiger partial charge in [0.15, 0.2) is 0 Å². The lowest BCUT2D eigenvalue weighted by Gasteiger charge is -2.09. The molecule has 0 bridgehead atoms. The van der Waals surface area contributed by atoms with Crippen LogP contribution in [0.25, 0.3) is 5.57 Å². The molecule has 1 saturated heterocycles. The van der Waals surface area contributed by atoms with Crippen LogP contribution in [0.3, 0.4) is 0 Å². The van der Waals surface area contributed by atoms with Crippen molar-refractivity contribution in [2.24, 2.45) is 5.92 Å². The number of nitrogens with zero attached hydrogens (tertiary/aromatic N) is 1. The van der Waals surface area contributed by atoms with E-state index in [0.717, 1.165) is 5.56 Å². The fourth-order valence-corrected chi connectivity index (χ4v) is 3.48. The molecule has 0 aromatic carbocycles. The number of ether oxygens (including phenoxy) is 1. The Morgan fingerprint density at radius 1 is 1.48 bits per heavy atom. The summed E-state index contributed by atoms with van der Waals surface area (Å²) in [6.07, 6.45) is 5.21. The zero-order chi connectivity index (χ0) is 15.3. The van der Waals surface area contributed by atoms with Crippen molar-refractivity contribution in [2.45, 2.75) is 13.3 Å². The second-order valence-electron chi connectivity index (χ2n) is 5.04. The van der Waals surface area contributed by atoms with E-state index in [1.165, 1.54) is 6.08 Å². The number of rotatable bonds is 5. The maximum atomic E-state index is 11.9. The van der Waals surface area contributed by atoms with E-state index >= 15 is 0 Å². The topological polar surface area (TPSA) is 85.4 Å². The second kappa shape index (κ2) is 6.82. The molecule has 1 fully saturated rings. The van der Waals surface area contributed by atoms with E-state index in [4.69, 9.17) is 4.74 Å². The Balaban J connectivity index is 1.97. The van der Waals surface area contributed by atoms with Crippen LogP contribution in [-0.4, -0.2) is 38.3 Å².